The van der Waals surface area contributed by atoms with Gasteiger partial charge in [-0.05, 0) is 61.4 Å². The molecule has 1 aliphatic rings. The average Bonchev–Trinajstić information content (AvgIpc) is 2.70. The van der Waals surface area contributed by atoms with E-state index < -0.39 is 15.8 Å². The smallest absolute Gasteiger partial charge is 0.251 e. The quantitative estimate of drug-likeness (QED) is 0.779. The highest BCUT2D eigenvalue weighted by Gasteiger charge is 2.28. The lowest BCUT2D eigenvalue weighted by Gasteiger charge is -2.33. The minimum absolute atomic E-state index is 0.105. The first-order valence-electron chi connectivity index (χ1n) is 9.61. The summed E-state index contributed by atoms with van der Waals surface area (Å²) in [4.78, 5) is 14.5. The number of amides is 1. The average molecular weight is 420 g/mol. The molecule has 8 heteroatoms. The lowest BCUT2D eigenvalue weighted by atomic mass is 10.1. The molecule has 6 nitrogen and oxygen atoms in total. The van der Waals surface area contributed by atoms with Gasteiger partial charge < -0.3 is 5.32 Å². The van der Waals surface area contributed by atoms with Gasteiger partial charge >= 0.3 is 0 Å². The molecule has 1 saturated heterocycles. The minimum atomic E-state index is -3.61. The maximum absolute atomic E-state index is 13.0. The second-order valence-corrected chi connectivity index (χ2v) is 9.19. The van der Waals surface area contributed by atoms with E-state index in [1.807, 2.05) is 32.0 Å². The summed E-state index contributed by atoms with van der Waals surface area (Å²) in [5, 5.41) is 2.92. The number of piperazine rings is 1. The number of nitrogens with one attached hydrogen (secondary N) is 1. The van der Waals surface area contributed by atoms with E-state index in [0.29, 0.717) is 44.8 Å². The normalized spacial score (nSPS) is 16.0. The predicted octanol–water partition coefficient (Wildman–Crippen LogP) is 2.18. The number of aryl methyl sites for hydroxylation is 2. The zero-order chi connectivity index (χ0) is 21.0. The molecule has 1 amide bonds. The van der Waals surface area contributed by atoms with Gasteiger partial charge in [0.05, 0.1) is 4.90 Å². The minimum Gasteiger partial charge on any atom is -0.351 e. The number of rotatable bonds is 6. The number of carbonyl (C=O) groups is 1. The molecule has 2 aromatic carbocycles. The van der Waals surface area contributed by atoms with E-state index in [1.54, 1.807) is 0 Å². The largest absolute Gasteiger partial charge is 0.351 e. The third kappa shape index (κ3) is 5.20. The van der Waals surface area contributed by atoms with E-state index in [4.69, 9.17) is 0 Å². The molecule has 1 fully saturated rings. The number of carbonyl (C=O) groups excluding carboxylic acids is 1. The Morgan fingerprint density at radius 1 is 1.00 bits per heavy atom. The lowest BCUT2D eigenvalue weighted by molar-refractivity contribution is 0.0945. The van der Waals surface area contributed by atoms with Gasteiger partial charge in [-0.1, -0.05) is 6.07 Å². The van der Waals surface area contributed by atoms with Gasteiger partial charge in [0.25, 0.3) is 5.91 Å². The number of benzene rings is 2. The molecule has 1 aliphatic heterocycles. The highest BCUT2D eigenvalue weighted by molar-refractivity contribution is 7.89. The second-order valence-electron chi connectivity index (χ2n) is 7.25. The van der Waals surface area contributed by atoms with Gasteiger partial charge in [-0.15, -0.1) is 0 Å². The van der Waals surface area contributed by atoms with Crippen LogP contribution < -0.4 is 5.32 Å². The molecule has 2 aromatic rings. The third-order valence-corrected chi connectivity index (χ3v) is 7.18. The molecule has 0 aliphatic carbocycles. The van der Waals surface area contributed by atoms with Crippen molar-refractivity contribution in [3.05, 3.63) is 65.0 Å². The van der Waals surface area contributed by atoms with Gasteiger partial charge in [0, 0.05) is 44.8 Å². The summed E-state index contributed by atoms with van der Waals surface area (Å²) in [5.74, 6) is -0.567. The monoisotopic (exact) mass is 419 g/mol. The van der Waals surface area contributed by atoms with E-state index in [0.717, 1.165) is 23.3 Å². The van der Waals surface area contributed by atoms with Crippen LogP contribution in [0.2, 0.25) is 0 Å². The topological polar surface area (TPSA) is 69.7 Å². The molecule has 29 heavy (non-hydrogen) atoms. The van der Waals surface area contributed by atoms with Crippen molar-refractivity contribution in [3.8, 4) is 0 Å². The van der Waals surface area contributed by atoms with Gasteiger partial charge in [-0.2, -0.15) is 4.31 Å². The fraction of sp³-hybridized carbons (Fsp3) is 0.381. The van der Waals surface area contributed by atoms with Crippen LogP contribution >= 0.6 is 0 Å². The lowest BCUT2D eigenvalue weighted by Crippen LogP contribution is -2.50. The first-order chi connectivity index (χ1) is 13.8. The first-order valence-corrected chi connectivity index (χ1v) is 11.0. The summed E-state index contributed by atoms with van der Waals surface area (Å²) in [6.07, 6.45) is 0. The molecule has 1 N–H and O–H groups in total. The van der Waals surface area contributed by atoms with Crippen molar-refractivity contribution in [1.82, 2.24) is 14.5 Å². The fourth-order valence-electron chi connectivity index (χ4n) is 3.26. The Labute approximate surface area is 171 Å². The first kappa shape index (κ1) is 21.4. The van der Waals surface area contributed by atoms with E-state index >= 15 is 0 Å². The summed E-state index contributed by atoms with van der Waals surface area (Å²) in [6.45, 7) is 7.03. The maximum atomic E-state index is 13.0. The molecule has 0 atom stereocenters. The Morgan fingerprint density at radius 2 is 1.66 bits per heavy atom. The van der Waals surface area contributed by atoms with Crippen LogP contribution in [0.15, 0.2) is 47.4 Å². The predicted molar refractivity (Wildman–Crippen MR) is 110 cm³/mol. The van der Waals surface area contributed by atoms with Crippen LogP contribution in [0, 0.1) is 19.7 Å². The number of halogens is 1. The molecule has 1 heterocycles. The van der Waals surface area contributed by atoms with Crippen LogP contribution in [0.25, 0.3) is 0 Å². The Morgan fingerprint density at radius 3 is 2.28 bits per heavy atom. The molecular weight excluding hydrogens is 393 g/mol. The molecule has 0 saturated carbocycles. The van der Waals surface area contributed by atoms with Crippen LogP contribution in [0.1, 0.15) is 21.5 Å². The zero-order valence-corrected chi connectivity index (χ0v) is 17.5. The van der Waals surface area contributed by atoms with Crippen molar-refractivity contribution >= 4 is 15.9 Å². The van der Waals surface area contributed by atoms with E-state index in [9.17, 15) is 17.6 Å². The van der Waals surface area contributed by atoms with Crippen LogP contribution in [-0.4, -0.2) is 62.8 Å². The Kier molecular flexibility index (Phi) is 6.66. The van der Waals surface area contributed by atoms with Crippen molar-refractivity contribution in [3.63, 3.8) is 0 Å². The SMILES string of the molecule is Cc1ccc(C(=O)NCCN2CCN(S(=O)(=O)c3ccc(F)cc3)CC2)cc1C. The maximum Gasteiger partial charge on any atom is 0.251 e. The zero-order valence-electron chi connectivity index (χ0n) is 16.7. The van der Waals surface area contributed by atoms with Crippen molar-refractivity contribution in [2.75, 3.05) is 39.3 Å². The van der Waals surface area contributed by atoms with Gasteiger partial charge in [0.15, 0.2) is 0 Å². The van der Waals surface area contributed by atoms with Crippen molar-refractivity contribution in [2.24, 2.45) is 0 Å². The van der Waals surface area contributed by atoms with Crippen molar-refractivity contribution in [2.45, 2.75) is 18.7 Å². The van der Waals surface area contributed by atoms with Crippen LogP contribution in [0.3, 0.4) is 0 Å². The van der Waals surface area contributed by atoms with Gasteiger partial charge in [0.2, 0.25) is 10.0 Å². The molecule has 156 valence electrons. The van der Waals surface area contributed by atoms with Gasteiger partial charge in [0.1, 0.15) is 5.82 Å². The Bertz CT molecular complexity index is 969. The fourth-order valence-corrected chi connectivity index (χ4v) is 4.68. The Balaban J connectivity index is 1.46. The third-order valence-electron chi connectivity index (χ3n) is 5.27. The number of hydrogen-bond donors (Lipinski definition) is 1. The Hall–Kier alpha value is -2.29. The molecule has 0 unspecified atom stereocenters. The summed E-state index contributed by atoms with van der Waals surface area (Å²) in [7, 11) is -3.61. The van der Waals surface area contributed by atoms with Crippen molar-refractivity contribution < 1.29 is 17.6 Å². The van der Waals surface area contributed by atoms with E-state index in [2.05, 4.69) is 10.2 Å². The number of hydrogen-bond acceptors (Lipinski definition) is 4. The number of sulfonamides is 1. The summed E-state index contributed by atoms with van der Waals surface area (Å²) in [5.41, 5.74) is 2.87. The molecule has 0 bridgehead atoms. The molecular formula is C21H26FN3O3S. The van der Waals surface area contributed by atoms with E-state index in [-0.39, 0.29) is 10.8 Å². The highest BCUT2D eigenvalue weighted by atomic mass is 32.2. The molecule has 0 radical (unpaired) electrons. The van der Waals surface area contributed by atoms with Gasteiger partial charge in [-0.25, -0.2) is 12.8 Å². The van der Waals surface area contributed by atoms with Crippen LogP contribution in [-0.2, 0) is 10.0 Å². The molecule has 0 aromatic heterocycles. The van der Waals surface area contributed by atoms with E-state index in [1.165, 1.54) is 16.4 Å². The van der Waals surface area contributed by atoms with Crippen LogP contribution in [0.4, 0.5) is 4.39 Å². The molecule has 0 spiro atoms. The highest BCUT2D eigenvalue weighted by Crippen LogP contribution is 2.18. The standard InChI is InChI=1S/C21H26FN3O3S/c1-16-3-4-18(15-17(16)2)21(26)23-9-10-24-11-13-25(14-12-24)29(27,28)20-7-5-19(22)6-8-20/h3-8,15H,9-14H2,1-2H3,(H,23,26). The summed E-state index contributed by atoms with van der Waals surface area (Å²) >= 11 is 0. The van der Waals surface area contributed by atoms with Crippen molar-refractivity contribution in [1.29, 1.82) is 0 Å². The van der Waals surface area contributed by atoms with Crippen LogP contribution in [0.5, 0.6) is 0 Å². The molecule has 3 rings (SSSR count). The summed E-state index contributed by atoms with van der Waals surface area (Å²) in [6, 6.07) is 10.5. The second kappa shape index (κ2) is 9.02. The summed E-state index contributed by atoms with van der Waals surface area (Å²) < 4.78 is 39.8. The van der Waals surface area contributed by atoms with Gasteiger partial charge in [-0.3, -0.25) is 9.69 Å². The number of nitrogens with zero attached hydrogens (tertiary/aromatic N) is 2.